The van der Waals surface area contributed by atoms with Crippen LogP contribution in [-0.2, 0) is 13.0 Å². The van der Waals surface area contributed by atoms with E-state index >= 15 is 0 Å². The van der Waals surface area contributed by atoms with E-state index in [0.29, 0.717) is 12.1 Å². The summed E-state index contributed by atoms with van der Waals surface area (Å²) in [6, 6.07) is 3.04. The second-order valence-corrected chi connectivity index (χ2v) is 7.69. The number of fused-ring (bicyclic) bond motifs is 6. The lowest BCUT2D eigenvalue weighted by Crippen LogP contribution is -2.38. The van der Waals surface area contributed by atoms with E-state index in [1.807, 2.05) is 25.6 Å². The van der Waals surface area contributed by atoms with Crippen molar-refractivity contribution in [1.82, 2.24) is 29.5 Å². The van der Waals surface area contributed by atoms with Crippen molar-refractivity contribution >= 4 is 17.4 Å². The van der Waals surface area contributed by atoms with Crippen LogP contribution in [0.2, 0.25) is 0 Å². The molecule has 128 valence electrons. The predicted octanol–water partition coefficient (Wildman–Crippen LogP) is 2.81. The Labute approximate surface area is 150 Å². The Balaban J connectivity index is 1.49. The number of hydrogen-bond donors (Lipinski definition) is 0. The Hall–Kier alpha value is -1.99. The number of hydrogen-bond acceptors (Lipinski definition) is 6. The van der Waals surface area contributed by atoms with E-state index in [9.17, 15) is 0 Å². The van der Waals surface area contributed by atoms with Gasteiger partial charge in [0, 0.05) is 60.8 Å². The van der Waals surface area contributed by atoms with E-state index in [0.717, 1.165) is 29.5 Å². The van der Waals surface area contributed by atoms with Crippen molar-refractivity contribution in [3.63, 3.8) is 0 Å². The van der Waals surface area contributed by atoms with E-state index in [2.05, 4.69) is 41.7 Å². The summed E-state index contributed by atoms with van der Waals surface area (Å²) in [4.78, 5) is 16.1. The molecule has 0 radical (unpaired) electrons. The standard InChI is InChI=1S/C18H20N6S/c1-11-5-17-19-9-14-15-4-3-13(6-16(14)24(17)22-11)23(15)10-12-7-20-18(25-2)21-8-12/h5,7-9,13,15H,3-4,6,10H2,1-2H3/t13-,15-/m0/s1. The minimum absolute atomic E-state index is 0.426. The van der Waals surface area contributed by atoms with Gasteiger partial charge >= 0.3 is 0 Å². The van der Waals surface area contributed by atoms with Crippen molar-refractivity contribution in [3.8, 4) is 0 Å². The summed E-state index contributed by atoms with van der Waals surface area (Å²) >= 11 is 1.58. The summed E-state index contributed by atoms with van der Waals surface area (Å²) in [5.41, 5.74) is 5.86. The van der Waals surface area contributed by atoms with Crippen LogP contribution in [0.1, 0.15) is 41.4 Å². The lowest BCUT2D eigenvalue weighted by molar-refractivity contribution is 0.164. The van der Waals surface area contributed by atoms with Gasteiger partial charge in [-0.25, -0.2) is 19.5 Å². The fourth-order valence-electron chi connectivity index (χ4n) is 4.28. The Morgan fingerprint density at radius 1 is 1.16 bits per heavy atom. The molecule has 2 atom stereocenters. The number of nitrogens with zero attached hydrogens (tertiary/aromatic N) is 6. The van der Waals surface area contributed by atoms with Crippen molar-refractivity contribution < 1.29 is 0 Å². The lowest BCUT2D eigenvalue weighted by Gasteiger charge is -2.36. The molecule has 25 heavy (non-hydrogen) atoms. The quantitative estimate of drug-likeness (QED) is 0.534. The highest BCUT2D eigenvalue weighted by Gasteiger charge is 2.41. The fraction of sp³-hybridized carbons (Fsp3) is 0.444. The molecule has 0 saturated carbocycles. The third kappa shape index (κ3) is 2.45. The van der Waals surface area contributed by atoms with Gasteiger partial charge in [0.25, 0.3) is 0 Å². The molecular weight excluding hydrogens is 332 g/mol. The molecule has 1 fully saturated rings. The van der Waals surface area contributed by atoms with Gasteiger partial charge in [0.2, 0.25) is 0 Å². The molecule has 1 saturated heterocycles. The molecule has 0 aromatic carbocycles. The normalized spacial score (nSPS) is 22.5. The van der Waals surface area contributed by atoms with Gasteiger partial charge in [-0.3, -0.25) is 4.90 Å². The summed E-state index contributed by atoms with van der Waals surface area (Å²) in [7, 11) is 0. The van der Waals surface area contributed by atoms with Crippen LogP contribution in [0, 0.1) is 6.92 Å². The molecule has 3 aromatic heterocycles. The topological polar surface area (TPSA) is 59.2 Å². The minimum atomic E-state index is 0.426. The monoisotopic (exact) mass is 352 g/mol. The first-order valence-electron chi connectivity index (χ1n) is 8.68. The third-order valence-electron chi connectivity index (χ3n) is 5.40. The maximum Gasteiger partial charge on any atom is 0.187 e. The minimum Gasteiger partial charge on any atom is -0.289 e. The fourth-order valence-corrected chi connectivity index (χ4v) is 4.60. The van der Waals surface area contributed by atoms with Crippen LogP contribution in [-0.4, -0.2) is 41.8 Å². The molecular formula is C18H20N6S. The zero-order valence-electron chi connectivity index (χ0n) is 14.4. The van der Waals surface area contributed by atoms with E-state index in [1.54, 1.807) is 11.8 Å². The number of rotatable bonds is 3. The Morgan fingerprint density at radius 3 is 2.80 bits per heavy atom. The first-order chi connectivity index (χ1) is 12.2. The largest absolute Gasteiger partial charge is 0.289 e. The first kappa shape index (κ1) is 15.3. The lowest BCUT2D eigenvalue weighted by atomic mass is 9.98. The van der Waals surface area contributed by atoms with Crippen LogP contribution < -0.4 is 0 Å². The summed E-state index contributed by atoms with van der Waals surface area (Å²) in [5, 5.41) is 5.49. The Morgan fingerprint density at radius 2 is 2.00 bits per heavy atom. The van der Waals surface area contributed by atoms with Gasteiger partial charge in [0.1, 0.15) is 0 Å². The number of aryl methyl sites for hydroxylation is 1. The van der Waals surface area contributed by atoms with Crippen molar-refractivity contribution in [3.05, 3.63) is 47.2 Å². The molecule has 5 heterocycles. The zero-order chi connectivity index (χ0) is 17.0. The molecule has 0 N–H and O–H groups in total. The van der Waals surface area contributed by atoms with Crippen molar-refractivity contribution in [1.29, 1.82) is 0 Å². The van der Waals surface area contributed by atoms with Crippen LogP contribution in [0.25, 0.3) is 5.65 Å². The summed E-state index contributed by atoms with van der Waals surface area (Å²) in [5.74, 6) is 0. The van der Waals surface area contributed by atoms with Crippen molar-refractivity contribution in [2.75, 3.05) is 6.26 Å². The molecule has 0 unspecified atom stereocenters. The Kier molecular flexibility index (Phi) is 3.53. The summed E-state index contributed by atoms with van der Waals surface area (Å²) in [6.07, 6.45) is 11.5. The van der Waals surface area contributed by atoms with E-state index in [-0.39, 0.29) is 0 Å². The van der Waals surface area contributed by atoms with Gasteiger partial charge in [-0.15, -0.1) is 0 Å². The van der Waals surface area contributed by atoms with Gasteiger partial charge in [-0.1, -0.05) is 11.8 Å². The van der Waals surface area contributed by atoms with Crippen LogP contribution >= 0.6 is 11.8 Å². The van der Waals surface area contributed by atoms with Gasteiger partial charge in [0.05, 0.1) is 11.4 Å². The number of aromatic nitrogens is 5. The van der Waals surface area contributed by atoms with Crippen LogP contribution in [0.4, 0.5) is 0 Å². The highest BCUT2D eigenvalue weighted by Crippen LogP contribution is 2.44. The highest BCUT2D eigenvalue weighted by molar-refractivity contribution is 7.98. The molecule has 5 rings (SSSR count). The van der Waals surface area contributed by atoms with E-state index in [4.69, 9.17) is 0 Å². The molecule has 2 aliphatic heterocycles. The number of thioether (sulfide) groups is 1. The molecule has 6 nitrogen and oxygen atoms in total. The molecule has 2 bridgehead atoms. The maximum absolute atomic E-state index is 4.66. The van der Waals surface area contributed by atoms with Crippen LogP contribution in [0.15, 0.2) is 29.8 Å². The predicted molar refractivity (Wildman–Crippen MR) is 96.5 cm³/mol. The molecule has 2 aliphatic rings. The average molecular weight is 352 g/mol. The van der Waals surface area contributed by atoms with Crippen molar-refractivity contribution in [2.24, 2.45) is 0 Å². The summed E-state index contributed by atoms with van der Waals surface area (Å²) < 4.78 is 2.06. The van der Waals surface area contributed by atoms with Gasteiger partial charge in [-0.05, 0) is 26.0 Å². The van der Waals surface area contributed by atoms with Gasteiger partial charge in [0.15, 0.2) is 10.8 Å². The summed E-state index contributed by atoms with van der Waals surface area (Å²) in [6.45, 7) is 2.93. The van der Waals surface area contributed by atoms with Crippen molar-refractivity contribution in [2.45, 2.75) is 50.0 Å². The smallest absolute Gasteiger partial charge is 0.187 e. The molecule has 7 heteroatoms. The van der Waals surface area contributed by atoms with Gasteiger partial charge < -0.3 is 0 Å². The third-order valence-corrected chi connectivity index (χ3v) is 5.97. The Bertz CT molecular complexity index is 935. The molecule has 3 aromatic rings. The maximum atomic E-state index is 4.66. The molecule has 0 amide bonds. The second kappa shape index (κ2) is 5.78. The average Bonchev–Trinajstić information content (AvgIpc) is 3.13. The molecule has 0 spiro atoms. The van der Waals surface area contributed by atoms with Crippen LogP contribution in [0.5, 0.6) is 0 Å². The van der Waals surface area contributed by atoms with E-state index in [1.165, 1.54) is 29.7 Å². The van der Waals surface area contributed by atoms with Gasteiger partial charge in [-0.2, -0.15) is 5.10 Å². The SMILES string of the molecule is CSc1ncc(CN2[C@H]3CC[C@H]2c2cnc4cc(C)nn4c2C3)cn1. The van der Waals surface area contributed by atoms with Crippen LogP contribution in [0.3, 0.4) is 0 Å². The zero-order valence-corrected chi connectivity index (χ0v) is 15.2. The highest BCUT2D eigenvalue weighted by atomic mass is 32.2. The molecule has 0 aliphatic carbocycles. The second-order valence-electron chi connectivity index (χ2n) is 6.92. The first-order valence-corrected chi connectivity index (χ1v) is 9.90. The van der Waals surface area contributed by atoms with E-state index < -0.39 is 0 Å².